The van der Waals surface area contributed by atoms with Crippen molar-refractivity contribution in [2.45, 2.75) is 45.2 Å². The summed E-state index contributed by atoms with van der Waals surface area (Å²) < 4.78 is 39.2. The van der Waals surface area contributed by atoms with E-state index in [2.05, 4.69) is 6.92 Å². The van der Waals surface area contributed by atoms with Crippen molar-refractivity contribution < 1.29 is 23.1 Å². The van der Waals surface area contributed by atoms with Gasteiger partial charge in [-0.15, -0.1) is 0 Å². The van der Waals surface area contributed by atoms with E-state index in [4.69, 9.17) is 5.11 Å². The zero-order valence-corrected chi connectivity index (χ0v) is 11.7. The molecule has 1 saturated carbocycles. The predicted molar refractivity (Wildman–Crippen MR) is 68.3 cm³/mol. The molecule has 2 fully saturated rings. The van der Waals surface area contributed by atoms with Crippen LogP contribution in [0.25, 0.3) is 0 Å². The van der Waals surface area contributed by atoms with Crippen LogP contribution in [0, 0.1) is 17.3 Å². The van der Waals surface area contributed by atoms with Crippen molar-refractivity contribution in [2.24, 2.45) is 17.3 Å². The van der Waals surface area contributed by atoms with Crippen LogP contribution >= 0.6 is 0 Å². The van der Waals surface area contributed by atoms with Gasteiger partial charge in [0.25, 0.3) is 0 Å². The van der Waals surface area contributed by atoms with E-state index in [0.29, 0.717) is 18.4 Å². The zero-order valence-electron chi connectivity index (χ0n) is 11.7. The third-order valence-electron chi connectivity index (χ3n) is 4.95. The van der Waals surface area contributed by atoms with Crippen LogP contribution in [0.2, 0.25) is 0 Å². The first-order valence-corrected chi connectivity index (χ1v) is 7.27. The van der Waals surface area contributed by atoms with Crippen molar-refractivity contribution in [3.8, 4) is 0 Å². The highest BCUT2D eigenvalue weighted by Crippen LogP contribution is 2.46. The Morgan fingerprint density at radius 2 is 1.90 bits per heavy atom. The normalized spacial score (nSPS) is 36.2. The maximum absolute atomic E-state index is 13.1. The molecule has 6 heteroatoms. The summed E-state index contributed by atoms with van der Waals surface area (Å²) >= 11 is 0. The van der Waals surface area contributed by atoms with Gasteiger partial charge >= 0.3 is 12.1 Å². The first-order valence-electron chi connectivity index (χ1n) is 7.27. The minimum atomic E-state index is -4.67. The summed E-state index contributed by atoms with van der Waals surface area (Å²) in [6, 6.07) is 0. The van der Waals surface area contributed by atoms with Crippen LogP contribution in [0.1, 0.15) is 39.0 Å². The second-order valence-electron chi connectivity index (χ2n) is 6.50. The lowest BCUT2D eigenvalue weighted by Gasteiger charge is -2.31. The number of carboxylic acid groups (broad SMARTS) is 1. The fraction of sp³-hybridized carbons (Fsp3) is 0.929. The number of aliphatic carboxylic acids is 1. The number of halogens is 3. The fourth-order valence-corrected chi connectivity index (χ4v) is 3.45. The van der Waals surface area contributed by atoms with Crippen molar-refractivity contribution >= 4 is 5.97 Å². The highest BCUT2D eigenvalue weighted by atomic mass is 19.4. The Bertz CT molecular complexity index is 364. The molecule has 2 aliphatic rings. The SMILES string of the molecule is CC1CCC(CN2CCC(C(=O)O)(C(F)(F)F)C2)CC1. The molecule has 1 unspecified atom stereocenters. The molecule has 1 saturated heterocycles. The van der Waals surface area contributed by atoms with Crippen LogP contribution in [0.4, 0.5) is 13.2 Å². The van der Waals surface area contributed by atoms with Crippen molar-refractivity contribution in [2.75, 3.05) is 19.6 Å². The van der Waals surface area contributed by atoms with Gasteiger partial charge in [0, 0.05) is 13.1 Å². The number of nitrogens with zero attached hydrogens (tertiary/aromatic N) is 1. The van der Waals surface area contributed by atoms with Crippen LogP contribution in [0.15, 0.2) is 0 Å². The van der Waals surface area contributed by atoms with Crippen LogP contribution in [-0.4, -0.2) is 41.8 Å². The van der Waals surface area contributed by atoms with E-state index in [-0.39, 0.29) is 13.0 Å². The molecule has 0 aromatic heterocycles. The number of carboxylic acids is 1. The molecule has 1 aliphatic carbocycles. The van der Waals surface area contributed by atoms with E-state index in [1.165, 1.54) is 0 Å². The maximum Gasteiger partial charge on any atom is 0.406 e. The third kappa shape index (κ3) is 2.95. The molecule has 3 nitrogen and oxygen atoms in total. The third-order valence-corrected chi connectivity index (χ3v) is 4.95. The number of rotatable bonds is 3. The van der Waals surface area contributed by atoms with Gasteiger partial charge in [0.05, 0.1) is 0 Å². The highest BCUT2D eigenvalue weighted by molar-refractivity contribution is 5.76. The molecule has 2 rings (SSSR count). The summed E-state index contributed by atoms with van der Waals surface area (Å²) in [4.78, 5) is 12.8. The van der Waals surface area contributed by atoms with E-state index < -0.39 is 24.1 Å². The summed E-state index contributed by atoms with van der Waals surface area (Å²) in [6.45, 7) is 2.65. The van der Waals surface area contributed by atoms with Crippen molar-refractivity contribution in [3.05, 3.63) is 0 Å². The standard InChI is InChI=1S/C14H22F3NO2/c1-10-2-4-11(5-3-10)8-18-7-6-13(9-18,12(19)20)14(15,16)17/h10-11H,2-9H2,1H3,(H,19,20). The molecule has 0 radical (unpaired) electrons. The van der Waals surface area contributed by atoms with Gasteiger partial charge in [-0.2, -0.15) is 13.2 Å². The van der Waals surface area contributed by atoms with Gasteiger partial charge in [0.15, 0.2) is 5.41 Å². The first kappa shape index (κ1) is 15.6. The molecular formula is C14H22F3NO2. The number of likely N-dealkylation sites (tertiary alicyclic amines) is 1. The van der Waals surface area contributed by atoms with Gasteiger partial charge < -0.3 is 10.0 Å². The van der Waals surface area contributed by atoms with Crippen molar-refractivity contribution in [1.29, 1.82) is 0 Å². The van der Waals surface area contributed by atoms with Crippen LogP contribution < -0.4 is 0 Å². The monoisotopic (exact) mass is 293 g/mol. The molecule has 0 spiro atoms. The van der Waals surface area contributed by atoms with Crippen LogP contribution in [0.3, 0.4) is 0 Å². The quantitative estimate of drug-likeness (QED) is 0.869. The summed E-state index contributed by atoms with van der Waals surface area (Å²) in [5.41, 5.74) is -2.56. The molecule has 0 amide bonds. The second-order valence-corrected chi connectivity index (χ2v) is 6.50. The van der Waals surface area contributed by atoms with E-state index >= 15 is 0 Å². The lowest BCUT2D eigenvalue weighted by molar-refractivity contribution is -0.227. The van der Waals surface area contributed by atoms with Crippen molar-refractivity contribution in [1.82, 2.24) is 4.90 Å². The average molecular weight is 293 g/mol. The van der Waals surface area contributed by atoms with Gasteiger partial charge in [-0.1, -0.05) is 19.8 Å². The molecular weight excluding hydrogens is 271 g/mol. The van der Waals surface area contributed by atoms with Gasteiger partial charge in [0.2, 0.25) is 0 Å². The van der Waals surface area contributed by atoms with E-state index in [1.54, 1.807) is 4.90 Å². The molecule has 1 heterocycles. The summed E-state index contributed by atoms with van der Waals surface area (Å²) in [7, 11) is 0. The topological polar surface area (TPSA) is 40.5 Å². The zero-order chi connectivity index (χ0) is 15.0. The smallest absolute Gasteiger partial charge is 0.406 e. The Morgan fingerprint density at radius 3 is 2.35 bits per heavy atom. The summed E-state index contributed by atoms with van der Waals surface area (Å²) in [6.07, 6.45) is -0.652. The van der Waals surface area contributed by atoms with Gasteiger partial charge in [-0.05, 0) is 37.6 Å². The van der Waals surface area contributed by atoms with Crippen LogP contribution in [0.5, 0.6) is 0 Å². The Labute approximate surface area is 117 Å². The lowest BCUT2D eigenvalue weighted by Crippen LogP contribution is -2.47. The van der Waals surface area contributed by atoms with Gasteiger partial charge in [-0.25, -0.2) is 0 Å². The minimum absolute atomic E-state index is 0.234. The lowest BCUT2D eigenvalue weighted by atomic mass is 9.82. The van der Waals surface area contributed by atoms with Gasteiger partial charge in [0.1, 0.15) is 0 Å². The Hall–Kier alpha value is -0.780. The van der Waals surface area contributed by atoms with E-state index in [0.717, 1.165) is 25.7 Å². The Morgan fingerprint density at radius 1 is 1.30 bits per heavy atom. The maximum atomic E-state index is 13.1. The number of carbonyl (C=O) groups is 1. The molecule has 1 atom stereocenters. The van der Waals surface area contributed by atoms with E-state index in [9.17, 15) is 18.0 Å². The average Bonchev–Trinajstić information content (AvgIpc) is 2.77. The summed E-state index contributed by atoms with van der Waals surface area (Å²) in [5, 5.41) is 9.01. The van der Waals surface area contributed by atoms with Crippen LogP contribution in [-0.2, 0) is 4.79 Å². The molecule has 0 aromatic rings. The predicted octanol–water partition coefficient (Wildman–Crippen LogP) is 3.15. The number of alkyl halides is 3. The number of hydrogen-bond acceptors (Lipinski definition) is 2. The number of hydrogen-bond donors (Lipinski definition) is 1. The largest absolute Gasteiger partial charge is 0.481 e. The Kier molecular flexibility index (Phi) is 4.33. The molecule has 20 heavy (non-hydrogen) atoms. The van der Waals surface area contributed by atoms with E-state index in [1.807, 2.05) is 0 Å². The second kappa shape index (κ2) is 5.54. The molecule has 0 aromatic carbocycles. The first-order chi connectivity index (χ1) is 9.24. The molecule has 0 bridgehead atoms. The fourth-order valence-electron chi connectivity index (χ4n) is 3.45. The summed E-state index contributed by atoms with van der Waals surface area (Å²) in [5.74, 6) is -0.605. The Balaban J connectivity index is 1.95. The minimum Gasteiger partial charge on any atom is -0.481 e. The van der Waals surface area contributed by atoms with Gasteiger partial charge in [-0.3, -0.25) is 4.79 Å². The highest BCUT2D eigenvalue weighted by Gasteiger charge is 2.63. The molecule has 116 valence electrons. The molecule has 1 N–H and O–H groups in total. The molecule has 1 aliphatic heterocycles. The van der Waals surface area contributed by atoms with Crippen molar-refractivity contribution in [3.63, 3.8) is 0 Å².